The maximum absolute atomic E-state index is 12.0. The number of rotatable bonds is 18. The van der Waals surface area contributed by atoms with Crippen LogP contribution in [0.25, 0.3) is 0 Å². The first kappa shape index (κ1) is 27.0. The van der Waals surface area contributed by atoms with Crippen LogP contribution in [0.15, 0.2) is 0 Å². The Balaban J connectivity index is 4.18. The van der Waals surface area contributed by atoms with Gasteiger partial charge in [0.2, 0.25) is 0 Å². The van der Waals surface area contributed by atoms with Gasteiger partial charge in [-0.05, 0) is 6.42 Å². The Bertz CT molecular complexity index is 475. The molecule has 0 spiro atoms. The van der Waals surface area contributed by atoms with Crippen LogP contribution in [0.1, 0.15) is 71.6 Å². The molecule has 0 fully saturated rings. The van der Waals surface area contributed by atoms with Gasteiger partial charge in [0, 0.05) is 19.9 Å². The molecule has 0 amide bonds. The predicted molar refractivity (Wildman–Crippen MR) is 105 cm³/mol. The Hall–Kier alpha value is -0.990. The maximum atomic E-state index is 12.0. The lowest BCUT2D eigenvalue weighted by Crippen LogP contribution is -2.29. The van der Waals surface area contributed by atoms with Gasteiger partial charge < -0.3 is 20.1 Å². The second-order valence-corrected chi connectivity index (χ2v) is 7.98. The molecule has 0 aromatic heterocycles. The second kappa shape index (κ2) is 16.9. The van der Waals surface area contributed by atoms with Gasteiger partial charge in [-0.2, -0.15) is 0 Å². The van der Waals surface area contributed by atoms with Crippen LogP contribution in [0.4, 0.5) is 0 Å². The smallest absolute Gasteiger partial charge is 0.462 e. The Kier molecular flexibility index (Phi) is 16.3. The van der Waals surface area contributed by atoms with E-state index in [9.17, 15) is 19.0 Å². The van der Waals surface area contributed by atoms with Gasteiger partial charge >= 0.3 is 19.8 Å². The number of esters is 2. The van der Waals surface area contributed by atoms with E-state index in [2.05, 4.69) is 11.4 Å². The summed E-state index contributed by atoms with van der Waals surface area (Å²) in [5.41, 5.74) is 5.20. The van der Waals surface area contributed by atoms with Gasteiger partial charge in [-0.25, -0.2) is 4.57 Å². The zero-order chi connectivity index (χ0) is 21.3. The fourth-order valence-corrected chi connectivity index (χ4v) is 3.12. The lowest BCUT2D eigenvalue weighted by atomic mass is 10.1. The summed E-state index contributed by atoms with van der Waals surface area (Å²) in [7, 11) is -4.31. The number of nitrogens with two attached hydrogens (primary N) is 1. The van der Waals surface area contributed by atoms with E-state index in [-0.39, 0.29) is 26.2 Å². The van der Waals surface area contributed by atoms with Gasteiger partial charge in [0.1, 0.15) is 6.61 Å². The van der Waals surface area contributed by atoms with Gasteiger partial charge in [-0.1, -0.05) is 51.9 Å². The zero-order valence-electron chi connectivity index (χ0n) is 17.1. The quantitative estimate of drug-likeness (QED) is 0.193. The van der Waals surface area contributed by atoms with E-state index >= 15 is 0 Å². The van der Waals surface area contributed by atoms with Crippen LogP contribution >= 0.6 is 7.82 Å². The number of hydrogen-bond donors (Lipinski definition) is 2. The van der Waals surface area contributed by atoms with Crippen molar-refractivity contribution in [3.05, 3.63) is 0 Å². The topological polar surface area (TPSA) is 134 Å². The van der Waals surface area contributed by atoms with Crippen LogP contribution in [0.2, 0.25) is 0 Å². The first-order valence-corrected chi connectivity index (χ1v) is 11.4. The molecule has 3 N–H and O–H groups in total. The molecule has 166 valence electrons. The van der Waals surface area contributed by atoms with E-state index in [1.54, 1.807) is 0 Å². The van der Waals surface area contributed by atoms with Crippen LogP contribution in [0.5, 0.6) is 0 Å². The first-order chi connectivity index (χ1) is 13.3. The normalized spacial score (nSPS) is 14.3. The summed E-state index contributed by atoms with van der Waals surface area (Å²) in [6.45, 7) is 2.59. The number of unbranched alkanes of at least 4 members (excludes halogenated alkanes) is 7. The molecule has 0 radical (unpaired) electrons. The van der Waals surface area contributed by atoms with Crippen LogP contribution in [-0.4, -0.2) is 49.3 Å². The average molecular weight is 425 g/mol. The molecular formula is C18H36NO8P. The van der Waals surface area contributed by atoms with Crippen molar-refractivity contribution in [2.24, 2.45) is 5.73 Å². The number of hydrogen-bond acceptors (Lipinski definition) is 8. The Morgan fingerprint density at radius 2 is 1.61 bits per heavy atom. The summed E-state index contributed by atoms with van der Waals surface area (Å²) >= 11 is 0. The molecule has 2 atom stereocenters. The molecule has 28 heavy (non-hydrogen) atoms. The van der Waals surface area contributed by atoms with Gasteiger partial charge in [0.05, 0.1) is 13.2 Å². The summed E-state index contributed by atoms with van der Waals surface area (Å²) in [6, 6.07) is 0. The highest BCUT2D eigenvalue weighted by atomic mass is 31.2. The Morgan fingerprint density at radius 3 is 2.18 bits per heavy atom. The van der Waals surface area contributed by atoms with Gasteiger partial charge in [0.15, 0.2) is 6.10 Å². The van der Waals surface area contributed by atoms with Crippen LogP contribution < -0.4 is 5.73 Å². The molecule has 10 heteroatoms. The van der Waals surface area contributed by atoms with Gasteiger partial charge in [0.25, 0.3) is 0 Å². The minimum Gasteiger partial charge on any atom is -0.462 e. The molecule has 0 aliphatic heterocycles. The Labute approximate surface area is 167 Å². The van der Waals surface area contributed by atoms with Crippen molar-refractivity contribution >= 4 is 19.8 Å². The molecule has 0 aliphatic rings. The first-order valence-electron chi connectivity index (χ1n) is 9.95. The lowest BCUT2D eigenvalue weighted by Gasteiger charge is -2.19. The number of carbonyl (C=O) groups is 2. The summed E-state index contributed by atoms with van der Waals surface area (Å²) < 4.78 is 31.0. The van der Waals surface area contributed by atoms with Crippen LogP contribution in [0, 0.1) is 0 Å². The molecule has 0 heterocycles. The molecule has 0 aliphatic carbocycles. The highest BCUT2D eigenvalue weighted by Gasteiger charge is 2.25. The standard InChI is InChI=1S/C18H36NO8P/c1-3-4-5-6-7-8-9-10-11-18(21)27-17(14-24-16(2)20)15-26-28(22,23)25-13-12-19/h17H,3-15,19H2,1-2H3,(H,22,23). The monoisotopic (exact) mass is 425 g/mol. The largest absolute Gasteiger partial charge is 0.472 e. The third-order valence-corrected chi connectivity index (χ3v) is 4.79. The third-order valence-electron chi connectivity index (χ3n) is 3.80. The molecular weight excluding hydrogens is 389 g/mol. The van der Waals surface area contributed by atoms with E-state index in [1.807, 2.05) is 0 Å². The van der Waals surface area contributed by atoms with Crippen molar-refractivity contribution < 1.29 is 37.6 Å². The summed E-state index contributed by atoms with van der Waals surface area (Å²) in [5.74, 6) is -1.03. The number of phosphoric ester groups is 1. The fraction of sp³-hybridized carbons (Fsp3) is 0.889. The maximum Gasteiger partial charge on any atom is 0.472 e. The van der Waals surface area contributed by atoms with Crippen molar-refractivity contribution in [1.82, 2.24) is 0 Å². The Morgan fingerprint density at radius 1 is 1.00 bits per heavy atom. The average Bonchev–Trinajstić information content (AvgIpc) is 2.64. The lowest BCUT2D eigenvalue weighted by molar-refractivity contribution is -0.160. The third kappa shape index (κ3) is 17.1. The van der Waals surface area contributed by atoms with E-state index in [0.717, 1.165) is 19.3 Å². The summed E-state index contributed by atoms with van der Waals surface area (Å²) in [6.07, 6.45) is 8.05. The molecule has 0 bridgehead atoms. The van der Waals surface area contributed by atoms with Crippen LogP contribution in [0.3, 0.4) is 0 Å². The SMILES string of the molecule is CCCCCCCCCCC(=O)OC(COC(C)=O)COP(=O)(O)OCCN. The summed E-state index contributed by atoms with van der Waals surface area (Å²) in [5, 5.41) is 0. The van der Waals surface area contributed by atoms with Crippen LogP contribution in [-0.2, 0) is 32.7 Å². The minimum absolute atomic E-state index is 0.0539. The summed E-state index contributed by atoms with van der Waals surface area (Å²) in [4.78, 5) is 32.4. The molecule has 0 aromatic carbocycles. The highest BCUT2D eigenvalue weighted by Crippen LogP contribution is 2.43. The minimum atomic E-state index is -4.31. The van der Waals surface area contributed by atoms with E-state index < -0.39 is 32.5 Å². The number of ether oxygens (including phenoxy) is 2. The molecule has 0 saturated carbocycles. The van der Waals surface area contributed by atoms with Crippen molar-refractivity contribution in [2.75, 3.05) is 26.4 Å². The molecule has 0 saturated heterocycles. The van der Waals surface area contributed by atoms with Gasteiger partial charge in [-0.15, -0.1) is 0 Å². The van der Waals surface area contributed by atoms with Crippen molar-refractivity contribution in [3.8, 4) is 0 Å². The van der Waals surface area contributed by atoms with E-state index in [4.69, 9.17) is 19.7 Å². The predicted octanol–water partition coefficient (Wildman–Crippen LogP) is 3.08. The van der Waals surface area contributed by atoms with Gasteiger partial charge in [-0.3, -0.25) is 18.6 Å². The molecule has 9 nitrogen and oxygen atoms in total. The van der Waals surface area contributed by atoms with E-state index in [1.165, 1.54) is 32.6 Å². The molecule has 0 rings (SSSR count). The second-order valence-electron chi connectivity index (χ2n) is 6.53. The molecule has 2 unspecified atom stereocenters. The zero-order valence-corrected chi connectivity index (χ0v) is 18.0. The van der Waals surface area contributed by atoms with E-state index in [0.29, 0.717) is 6.42 Å². The highest BCUT2D eigenvalue weighted by molar-refractivity contribution is 7.47. The van der Waals surface area contributed by atoms with Crippen molar-refractivity contribution in [1.29, 1.82) is 0 Å². The fourth-order valence-electron chi connectivity index (χ4n) is 2.36. The van der Waals surface area contributed by atoms with Crippen molar-refractivity contribution in [2.45, 2.75) is 77.7 Å². The molecule has 0 aromatic rings. The number of phosphoric acid groups is 1. The number of carbonyl (C=O) groups excluding carboxylic acids is 2. The van der Waals surface area contributed by atoms with Crippen molar-refractivity contribution in [3.63, 3.8) is 0 Å².